The number of carbonyl (C=O) groups excluding carboxylic acids is 1. The van der Waals surface area contributed by atoms with Gasteiger partial charge in [0.1, 0.15) is 12.7 Å². The monoisotopic (exact) mass is 433 g/mol. The third-order valence-electron chi connectivity index (χ3n) is 4.71. The molecule has 6 nitrogen and oxygen atoms in total. The summed E-state index contributed by atoms with van der Waals surface area (Å²) < 4.78 is 61.3. The molecular weight excluding hydrogens is 410 g/mol. The molecule has 1 aliphatic heterocycles. The quantitative estimate of drug-likeness (QED) is 0.410. The number of amides is 1. The van der Waals surface area contributed by atoms with Gasteiger partial charge in [0.15, 0.2) is 0 Å². The molecule has 0 aliphatic carbocycles. The van der Waals surface area contributed by atoms with E-state index in [0.29, 0.717) is 0 Å². The lowest BCUT2D eigenvalue weighted by atomic mass is 10.0. The summed E-state index contributed by atoms with van der Waals surface area (Å²) in [6.07, 6.45) is -3.08. The molecule has 1 heterocycles. The van der Waals surface area contributed by atoms with Crippen molar-refractivity contribution in [2.45, 2.75) is 49.7 Å². The molecule has 1 aliphatic rings. The largest absolute Gasteiger partial charge is 0.481 e. The summed E-state index contributed by atoms with van der Waals surface area (Å²) in [6, 6.07) is 5.81. The number of alkyl halides is 4. The third-order valence-corrected chi connectivity index (χ3v) is 4.71. The SMILES string of the molecule is O=C(O)CCCC(F)(F)CCN1C(=O)OCC1C=CC(O)C(F)(F)c1ccccc1. The molecule has 1 fully saturated rings. The van der Waals surface area contributed by atoms with E-state index < -0.39 is 61.0 Å². The number of hydrogen-bond donors (Lipinski definition) is 2. The number of ether oxygens (including phenoxy) is 1. The second-order valence-corrected chi connectivity index (χ2v) is 7.01. The van der Waals surface area contributed by atoms with Crippen LogP contribution in [0.25, 0.3) is 0 Å². The van der Waals surface area contributed by atoms with E-state index >= 15 is 0 Å². The number of aliphatic hydroxyl groups excluding tert-OH is 1. The van der Waals surface area contributed by atoms with E-state index in [2.05, 4.69) is 0 Å². The predicted molar refractivity (Wildman–Crippen MR) is 98.4 cm³/mol. The van der Waals surface area contributed by atoms with Crippen molar-refractivity contribution < 1.29 is 42.1 Å². The second-order valence-electron chi connectivity index (χ2n) is 7.01. The average Bonchev–Trinajstić information content (AvgIpc) is 3.04. The number of nitrogens with zero attached hydrogens (tertiary/aromatic N) is 1. The number of aliphatic hydroxyl groups is 1. The smallest absolute Gasteiger partial charge is 0.410 e. The molecule has 10 heteroatoms. The number of benzene rings is 1. The van der Waals surface area contributed by atoms with Crippen molar-refractivity contribution in [2.24, 2.45) is 0 Å². The van der Waals surface area contributed by atoms with Gasteiger partial charge >= 0.3 is 18.0 Å². The maximum absolute atomic E-state index is 14.3. The molecule has 30 heavy (non-hydrogen) atoms. The fourth-order valence-electron chi connectivity index (χ4n) is 2.97. The maximum Gasteiger partial charge on any atom is 0.410 e. The highest BCUT2D eigenvalue weighted by Gasteiger charge is 2.40. The summed E-state index contributed by atoms with van der Waals surface area (Å²) in [6.45, 7) is -0.622. The number of rotatable bonds is 11. The summed E-state index contributed by atoms with van der Waals surface area (Å²) >= 11 is 0. The second kappa shape index (κ2) is 9.92. The van der Waals surface area contributed by atoms with Crippen molar-refractivity contribution in [3.63, 3.8) is 0 Å². The Kier molecular flexibility index (Phi) is 7.83. The zero-order chi connectivity index (χ0) is 22.4. The molecule has 166 valence electrons. The summed E-state index contributed by atoms with van der Waals surface area (Å²) in [5.74, 6) is -7.94. The Morgan fingerprint density at radius 2 is 1.90 bits per heavy atom. The minimum absolute atomic E-state index is 0.211. The molecule has 0 saturated carbocycles. The molecule has 0 radical (unpaired) electrons. The van der Waals surface area contributed by atoms with Crippen molar-refractivity contribution in [2.75, 3.05) is 13.2 Å². The molecule has 2 atom stereocenters. The molecule has 0 aromatic heterocycles. The number of carbonyl (C=O) groups is 2. The van der Waals surface area contributed by atoms with Crippen LogP contribution in [0.2, 0.25) is 0 Å². The number of carboxylic acid groups (broad SMARTS) is 1. The Hall–Kier alpha value is -2.62. The fourth-order valence-corrected chi connectivity index (χ4v) is 2.97. The first-order valence-corrected chi connectivity index (χ1v) is 9.36. The molecule has 1 aromatic rings. The molecule has 2 rings (SSSR count). The van der Waals surface area contributed by atoms with E-state index in [4.69, 9.17) is 9.84 Å². The van der Waals surface area contributed by atoms with E-state index in [1.165, 1.54) is 12.1 Å². The van der Waals surface area contributed by atoms with Gasteiger partial charge in [0, 0.05) is 31.4 Å². The Morgan fingerprint density at radius 1 is 1.23 bits per heavy atom. The average molecular weight is 433 g/mol. The van der Waals surface area contributed by atoms with Gasteiger partial charge in [-0.3, -0.25) is 9.69 Å². The van der Waals surface area contributed by atoms with E-state index in [1.54, 1.807) is 6.07 Å². The van der Waals surface area contributed by atoms with Gasteiger partial charge in [-0.2, -0.15) is 8.78 Å². The van der Waals surface area contributed by atoms with Gasteiger partial charge in [-0.15, -0.1) is 0 Å². The number of cyclic esters (lactones) is 1. The molecule has 0 spiro atoms. The van der Waals surface area contributed by atoms with Crippen molar-refractivity contribution >= 4 is 12.1 Å². The number of halogens is 4. The summed E-state index contributed by atoms with van der Waals surface area (Å²) in [7, 11) is 0. The van der Waals surface area contributed by atoms with Gasteiger partial charge in [-0.05, 0) is 6.42 Å². The van der Waals surface area contributed by atoms with Crippen LogP contribution in [0, 0.1) is 0 Å². The van der Waals surface area contributed by atoms with Gasteiger partial charge in [0.25, 0.3) is 0 Å². The Labute approximate surface area is 170 Å². The van der Waals surface area contributed by atoms with Crippen LogP contribution in [0.3, 0.4) is 0 Å². The van der Waals surface area contributed by atoms with Gasteiger partial charge in [0.2, 0.25) is 5.92 Å². The molecule has 1 aromatic carbocycles. The van der Waals surface area contributed by atoms with Crippen molar-refractivity contribution in [3.05, 3.63) is 48.0 Å². The van der Waals surface area contributed by atoms with Crippen LogP contribution >= 0.6 is 0 Å². The molecule has 1 amide bonds. The first-order valence-electron chi connectivity index (χ1n) is 9.36. The van der Waals surface area contributed by atoms with Crippen LogP contribution in [0.5, 0.6) is 0 Å². The highest BCUT2D eigenvalue weighted by atomic mass is 19.3. The van der Waals surface area contributed by atoms with E-state index in [1.807, 2.05) is 0 Å². The lowest BCUT2D eigenvalue weighted by molar-refractivity contribution is -0.137. The van der Waals surface area contributed by atoms with Crippen LogP contribution in [0.4, 0.5) is 22.4 Å². The zero-order valence-corrected chi connectivity index (χ0v) is 16.0. The Morgan fingerprint density at radius 3 is 2.53 bits per heavy atom. The Bertz CT molecular complexity index is 757. The maximum atomic E-state index is 14.3. The molecular formula is C20H23F4NO5. The predicted octanol–water partition coefficient (Wildman–Crippen LogP) is 3.80. The minimum atomic E-state index is -3.58. The van der Waals surface area contributed by atoms with Crippen LogP contribution < -0.4 is 0 Å². The highest BCUT2D eigenvalue weighted by molar-refractivity contribution is 5.70. The molecule has 2 unspecified atom stereocenters. The molecule has 1 saturated heterocycles. The first kappa shape index (κ1) is 23.7. The lowest BCUT2D eigenvalue weighted by Gasteiger charge is -2.24. The summed E-state index contributed by atoms with van der Waals surface area (Å²) in [5.41, 5.74) is -0.390. The molecule has 2 N–H and O–H groups in total. The lowest BCUT2D eigenvalue weighted by Crippen LogP contribution is -2.36. The molecule has 0 bridgehead atoms. The third kappa shape index (κ3) is 6.45. The number of carboxylic acids is 1. The fraction of sp³-hybridized carbons (Fsp3) is 0.500. The van der Waals surface area contributed by atoms with Crippen molar-refractivity contribution in [3.8, 4) is 0 Å². The van der Waals surface area contributed by atoms with Crippen molar-refractivity contribution in [1.29, 1.82) is 0 Å². The topological polar surface area (TPSA) is 87.1 Å². The van der Waals surface area contributed by atoms with Crippen LogP contribution in [0.1, 0.15) is 31.2 Å². The van der Waals surface area contributed by atoms with Gasteiger partial charge in [-0.25, -0.2) is 13.6 Å². The van der Waals surface area contributed by atoms with E-state index in [-0.39, 0.29) is 19.4 Å². The zero-order valence-electron chi connectivity index (χ0n) is 16.0. The van der Waals surface area contributed by atoms with Crippen LogP contribution in [-0.4, -0.2) is 58.4 Å². The van der Waals surface area contributed by atoms with E-state index in [0.717, 1.165) is 29.2 Å². The number of hydrogen-bond acceptors (Lipinski definition) is 4. The van der Waals surface area contributed by atoms with E-state index in [9.17, 15) is 32.3 Å². The first-order chi connectivity index (χ1) is 14.0. The summed E-state index contributed by atoms with van der Waals surface area (Å²) in [4.78, 5) is 23.2. The standard InChI is InChI=1S/C20H23F4NO5/c21-19(22,10-4-7-17(27)28)11-12-25-15(13-30-18(25)29)8-9-16(26)20(23,24)14-5-2-1-3-6-14/h1-3,5-6,8-9,15-16,26H,4,7,10-13H2,(H,27,28). The Balaban J connectivity index is 1.96. The summed E-state index contributed by atoms with van der Waals surface area (Å²) in [5, 5.41) is 18.4. The normalized spacial score (nSPS) is 18.6. The minimum Gasteiger partial charge on any atom is -0.481 e. The van der Waals surface area contributed by atoms with Crippen LogP contribution in [-0.2, 0) is 15.5 Å². The van der Waals surface area contributed by atoms with Gasteiger partial charge in [-0.1, -0.05) is 42.5 Å². The van der Waals surface area contributed by atoms with Gasteiger partial charge in [0.05, 0.1) is 6.04 Å². The number of aliphatic carboxylic acids is 1. The van der Waals surface area contributed by atoms with Crippen molar-refractivity contribution in [1.82, 2.24) is 4.90 Å². The highest BCUT2D eigenvalue weighted by Crippen LogP contribution is 2.33. The van der Waals surface area contributed by atoms with Crippen LogP contribution in [0.15, 0.2) is 42.5 Å². The van der Waals surface area contributed by atoms with Gasteiger partial charge < -0.3 is 14.9 Å².